The Morgan fingerprint density at radius 1 is 0.967 bits per heavy atom. The van der Waals surface area contributed by atoms with Gasteiger partial charge in [-0.05, 0) is 34.0 Å². The molecule has 3 rings (SSSR count). The normalized spacial score (nSPS) is 34.8. The minimum atomic E-state index is -3.17. The average Bonchev–Trinajstić information content (AvgIpc) is 2.70. The van der Waals surface area contributed by atoms with Crippen molar-refractivity contribution in [1.29, 1.82) is 0 Å². The lowest BCUT2D eigenvalue weighted by atomic mass is 9.97. The van der Waals surface area contributed by atoms with E-state index in [1.807, 2.05) is 26.6 Å². The van der Waals surface area contributed by atoms with Gasteiger partial charge in [0.25, 0.3) is 0 Å². The molecule has 5 unspecified atom stereocenters. The van der Waals surface area contributed by atoms with E-state index >= 15 is 0 Å². The van der Waals surface area contributed by atoms with Crippen molar-refractivity contribution >= 4 is 23.4 Å². The van der Waals surface area contributed by atoms with Gasteiger partial charge in [0.15, 0.2) is 0 Å². The third-order valence-electron chi connectivity index (χ3n) is 6.18. The van der Waals surface area contributed by atoms with Gasteiger partial charge < -0.3 is 23.6 Å². The van der Waals surface area contributed by atoms with Crippen LogP contribution in [0.3, 0.4) is 0 Å². The van der Waals surface area contributed by atoms with Crippen LogP contribution in [0.1, 0.15) is 32.1 Å². The Balaban J connectivity index is 1.57. The zero-order valence-corrected chi connectivity index (χ0v) is 20.4. The topological polar surface area (TPSA) is 63.7 Å². The second kappa shape index (κ2) is 11.3. The third kappa shape index (κ3) is 6.79. The van der Waals surface area contributed by atoms with Gasteiger partial charge in [0.1, 0.15) is 15.7 Å². The van der Waals surface area contributed by atoms with Crippen molar-refractivity contribution in [1.82, 2.24) is 14.2 Å². The van der Waals surface area contributed by atoms with Crippen molar-refractivity contribution in [3.8, 4) is 0 Å². The molecular formula is C19H40B2N3O5P. The summed E-state index contributed by atoms with van der Waals surface area (Å²) in [6.07, 6.45) is 6.26. The lowest BCUT2D eigenvalue weighted by molar-refractivity contribution is -0.0938. The molecule has 172 valence electrons. The lowest BCUT2D eigenvalue weighted by Crippen LogP contribution is -2.51. The molecule has 5 atom stereocenters. The van der Waals surface area contributed by atoms with Crippen LogP contribution in [0.5, 0.6) is 0 Å². The second-order valence-electron chi connectivity index (χ2n) is 9.46. The summed E-state index contributed by atoms with van der Waals surface area (Å²) in [6, 6.07) is 0.133. The quantitative estimate of drug-likeness (QED) is 0.383. The average molecular weight is 443 g/mol. The molecule has 8 nitrogen and oxygen atoms in total. The number of nitrogens with zero attached hydrogens (tertiary/aromatic N) is 3. The highest BCUT2D eigenvalue weighted by atomic mass is 31.2. The maximum Gasteiger partial charge on any atom is 0.345 e. The van der Waals surface area contributed by atoms with E-state index in [9.17, 15) is 4.57 Å². The molecule has 3 fully saturated rings. The molecule has 0 aromatic rings. The molecule has 0 aromatic carbocycles. The molecule has 11 heteroatoms. The van der Waals surface area contributed by atoms with E-state index in [-0.39, 0.29) is 24.2 Å². The standard InChI is InChI=1S/C19H40B2N3O5P/c1-22(2)30(25,27-14-16-9-23(3)11-18(20)28-16)24-10-17(29-19(21)12-24)13-26-15-7-5-4-6-8-15/h15-19H,4-14,20-21H2,1-3H3. The van der Waals surface area contributed by atoms with Gasteiger partial charge in [0.05, 0.1) is 31.5 Å². The summed E-state index contributed by atoms with van der Waals surface area (Å²) in [5, 5.41) is 0. The van der Waals surface area contributed by atoms with Crippen molar-refractivity contribution < 1.29 is 23.3 Å². The van der Waals surface area contributed by atoms with E-state index in [0.29, 0.717) is 32.4 Å². The first-order valence-electron chi connectivity index (χ1n) is 11.5. The highest BCUT2D eigenvalue weighted by Crippen LogP contribution is 2.53. The molecule has 3 aliphatic rings. The number of hydrogen-bond acceptors (Lipinski definition) is 6. The predicted octanol–water partition coefficient (Wildman–Crippen LogP) is -0.0282. The molecule has 0 radical (unpaired) electrons. The van der Waals surface area contributed by atoms with Crippen LogP contribution in [0, 0.1) is 0 Å². The van der Waals surface area contributed by atoms with E-state index in [4.69, 9.17) is 18.7 Å². The van der Waals surface area contributed by atoms with Gasteiger partial charge in [-0.2, -0.15) is 0 Å². The fourth-order valence-corrected chi connectivity index (χ4v) is 6.88. The van der Waals surface area contributed by atoms with Crippen molar-refractivity contribution in [3.63, 3.8) is 0 Å². The van der Waals surface area contributed by atoms with Crippen molar-refractivity contribution in [2.24, 2.45) is 0 Å². The Morgan fingerprint density at radius 2 is 1.60 bits per heavy atom. The minimum Gasteiger partial charge on any atom is -0.379 e. The first-order chi connectivity index (χ1) is 14.3. The summed E-state index contributed by atoms with van der Waals surface area (Å²) < 4.78 is 42.0. The van der Waals surface area contributed by atoms with E-state index in [0.717, 1.165) is 25.9 Å². The Labute approximate surface area is 184 Å². The van der Waals surface area contributed by atoms with E-state index in [1.54, 1.807) is 4.67 Å². The Morgan fingerprint density at radius 3 is 2.23 bits per heavy atom. The molecule has 30 heavy (non-hydrogen) atoms. The number of morpholine rings is 2. The van der Waals surface area contributed by atoms with Crippen LogP contribution in [-0.4, -0.2) is 121 Å². The molecule has 0 amide bonds. The number of hydrogen-bond donors (Lipinski definition) is 0. The van der Waals surface area contributed by atoms with Gasteiger partial charge in [-0.3, -0.25) is 4.57 Å². The smallest absolute Gasteiger partial charge is 0.345 e. The largest absolute Gasteiger partial charge is 0.379 e. The fourth-order valence-electron chi connectivity index (χ4n) is 4.79. The minimum absolute atomic E-state index is 0.0207. The Kier molecular flexibility index (Phi) is 9.30. The fraction of sp³-hybridized carbons (Fsp3) is 1.00. The molecule has 0 bridgehead atoms. The first-order valence-corrected chi connectivity index (χ1v) is 13.1. The molecular weight excluding hydrogens is 403 g/mol. The van der Waals surface area contributed by atoms with Crippen molar-refractivity contribution in [3.05, 3.63) is 0 Å². The number of likely N-dealkylation sites (N-methyl/N-ethyl adjacent to an activating group) is 1. The summed E-state index contributed by atoms with van der Waals surface area (Å²) in [5.41, 5.74) is 0. The maximum atomic E-state index is 13.9. The monoisotopic (exact) mass is 443 g/mol. The summed E-state index contributed by atoms with van der Waals surface area (Å²) in [4.78, 5) is 2.23. The van der Waals surface area contributed by atoms with Gasteiger partial charge in [-0.1, -0.05) is 19.3 Å². The third-order valence-corrected chi connectivity index (χ3v) is 8.72. The van der Waals surface area contributed by atoms with Crippen LogP contribution in [0.4, 0.5) is 0 Å². The molecule has 0 spiro atoms. The highest BCUT2D eigenvalue weighted by Gasteiger charge is 2.41. The maximum absolute atomic E-state index is 13.9. The van der Waals surface area contributed by atoms with Crippen LogP contribution in [0.25, 0.3) is 0 Å². The van der Waals surface area contributed by atoms with Gasteiger partial charge >= 0.3 is 7.67 Å². The summed E-state index contributed by atoms with van der Waals surface area (Å²) in [6.45, 7) is 3.69. The molecule has 1 aliphatic carbocycles. The molecule has 2 saturated heterocycles. The number of ether oxygens (including phenoxy) is 3. The first kappa shape index (κ1) is 24.7. The molecule has 0 aromatic heterocycles. The van der Waals surface area contributed by atoms with Gasteiger partial charge in [0, 0.05) is 38.2 Å². The van der Waals surface area contributed by atoms with Gasteiger partial charge in [-0.15, -0.1) is 0 Å². The van der Waals surface area contributed by atoms with E-state index in [1.165, 1.54) is 19.3 Å². The molecule has 2 heterocycles. The highest BCUT2D eigenvalue weighted by molar-refractivity contribution is 7.53. The van der Waals surface area contributed by atoms with Crippen LogP contribution in [0.15, 0.2) is 0 Å². The Hall–Kier alpha value is 0.0799. The van der Waals surface area contributed by atoms with E-state index in [2.05, 4.69) is 19.8 Å². The second-order valence-corrected chi connectivity index (χ2v) is 12.1. The molecule has 0 N–H and O–H groups in total. The summed E-state index contributed by atoms with van der Waals surface area (Å²) >= 11 is 0. The van der Waals surface area contributed by atoms with Crippen molar-refractivity contribution in [2.75, 3.05) is 60.5 Å². The zero-order valence-electron chi connectivity index (χ0n) is 19.5. The number of rotatable bonds is 8. The van der Waals surface area contributed by atoms with Crippen LogP contribution in [-0.2, 0) is 23.3 Å². The SMILES string of the molecule is BC1CN(C)CC(COP(=O)(N(C)C)N2CC(B)OC(COC3CCCCC3)C2)O1. The van der Waals surface area contributed by atoms with E-state index < -0.39 is 7.67 Å². The lowest BCUT2D eigenvalue weighted by Gasteiger charge is -2.43. The summed E-state index contributed by atoms with van der Waals surface area (Å²) in [5.74, 6) is 0. The van der Waals surface area contributed by atoms with Gasteiger partial charge in [-0.25, -0.2) is 9.34 Å². The summed E-state index contributed by atoms with van der Waals surface area (Å²) in [7, 11) is 6.65. The van der Waals surface area contributed by atoms with Crippen LogP contribution < -0.4 is 0 Å². The zero-order chi connectivity index (χ0) is 21.7. The molecule has 1 saturated carbocycles. The Bertz CT molecular complexity index is 574. The van der Waals surface area contributed by atoms with Gasteiger partial charge in [0.2, 0.25) is 0 Å². The van der Waals surface area contributed by atoms with Crippen molar-refractivity contribution in [2.45, 2.75) is 62.4 Å². The molecule has 2 aliphatic heterocycles. The predicted molar refractivity (Wildman–Crippen MR) is 124 cm³/mol. The van der Waals surface area contributed by atoms with Crippen LogP contribution in [0.2, 0.25) is 0 Å². The van der Waals surface area contributed by atoms with Crippen LogP contribution >= 0.6 is 7.67 Å².